The first kappa shape index (κ1) is 10.2. The number of nitrogen functional groups attached to an aromatic ring is 1. The highest BCUT2D eigenvalue weighted by Gasteiger charge is 2.31. The van der Waals surface area contributed by atoms with Crippen molar-refractivity contribution in [2.24, 2.45) is 0 Å². The van der Waals surface area contributed by atoms with Gasteiger partial charge in [-0.2, -0.15) is 0 Å². The monoisotopic (exact) mass is 252 g/mol. The number of nitrogens with two attached hydrogens (primary N) is 1. The van der Waals surface area contributed by atoms with E-state index in [1.54, 1.807) is 11.3 Å². The summed E-state index contributed by atoms with van der Waals surface area (Å²) in [5, 5.41) is 10.6. The maximum absolute atomic E-state index is 5.63. The van der Waals surface area contributed by atoms with Gasteiger partial charge in [-0.15, -0.1) is 21.5 Å². The van der Waals surface area contributed by atoms with Crippen LogP contribution in [0.4, 0.5) is 5.13 Å². The van der Waals surface area contributed by atoms with Crippen LogP contribution in [0.3, 0.4) is 0 Å². The second kappa shape index (κ2) is 3.78. The average molecular weight is 252 g/mol. The quantitative estimate of drug-likeness (QED) is 0.912. The van der Waals surface area contributed by atoms with Crippen molar-refractivity contribution in [1.82, 2.24) is 15.2 Å². The molecule has 4 nitrogen and oxygen atoms in total. The molecular formula is C10H12N4S2. The number of rotatable bonds is 3. The van der Waals surface area contributed by atoms with Crippen molar-refractivity contribution < 1.29 is 0 Å². The summed E-state index contributed by atoms with van der Waals surface area (Å²) in [5.74, 6) is 0.650. The number of hydrogen-bond acceptors (Lipinski definition) is 6. The van der Waals surface area contributed by atoms with E-state index < -0.39 is 0 Å². The maximum Gasteiger partial charge on any atom is 0.203 e. The lowest BCUT2D eigenvalue weighted by Crippen LogP contribution is -1.84. The standard InChI is InChI=1S/C10H12N4S2/c1-2-6-12-7(5-3-4-5)8(15-6)9-13-14-10(11)16-9/h5H,2-4H2,1H3,(H2,11,14). The molecule has 3 rings (SSSR count). The molecule has 6 heteroatoms. The molecular weight excluding hydrogens is 240 g/mol. The van der Waals surface area contributed by atoms with Crippen molar-refractivity contribution in [3.05, 3.63) is 10.7 Å². The minimum Gasteiger partial charge on any atom is -0.374 e. The normalized spacial score (nSPS) is 15.6. The highest BCUT2D eigenvalue weighted by Crippen LogP contribution is 2.46. The summed E-state index contributed by atoms with van der Waals surface area (Å²) in [6.45, 7) is 2.13. The summed E-state index contributed by atoms with van der Waals surface area (Å²) in [5.41, 5.74) is 6.85. The lowest BCUT2D eigenvalue weighted by atomic mass is 10.2. The molecule has 0 radical (unpaired) electrons. The Morgan fingerprint density at radius 2 is 2.12 bits per heavy atom. The lowest BCUT2D eigenvalue weighted by Gasteiger charge is -1.93. The number of anilines is 1. The first-order valence-corrected chi connectivity index (χ1v) is 7.00. The third kappa shape index (κ3) is 1.72. The van der Waals surface area contributed by atoms with Crippen LogP contribution in [0.1, 0.15) is 36.4 Å². The molecule has 2 aromatic rings. The van der Waals surface area contributed by atoms with Gasteiger partial charge in [0, 0.05) is 5.92 Å². The molecule has 1 fully saturated rings. The fourth-order valence-corrected chi connectivity index (χ4v) is 3.42. The molecule has 0 amide bonds. The molecule has 0 spiro atoms. The van der Waals surface area contributed by atoms with E-state index in [2.05, 4.69) is 17.1 Å². The van der Waals surface area contributed by atoms with E-state index in [-0.39, 0.29) is 0 Å². The van der Waals surface area contributed by atoms with Gasteiger partial charge < -0.3 is 5.73 Å². The van der Waals surface area contributed by atoms with E-state index in [1.165, 1.54) is 39.8 Å². The predicted molar refractivity (Wildman–Crippen MR) is 66.8 cm³/mol. The molecule has 2 aromatic heterocycles. The van der Waals surface area contributed by atoms with Gasteiger partial charge in [0.05, 0.1) is 15.6 Å². The Hall–Kier alpha value is -1.01. The van der Waals surface area contributed by atoms with Gasteiger partial charge in [-0.25, -0.2) is 4.98 Å². The smallest absolute Gasteiger partial charge is 0.203 e. The van der Waals surface area contributed by atoms with E-state index in [0.717, 1.165) is 11.4 Å². The minimum absolute atomic E-state index is 0.531. The van der Waals surface area contributed by atoms with Crippen LogP contribution in [0.15, 0.2) is 0 Å². The topological polar surface area (TPSA) is 64.7 Å². The van der Waals surface area contributed by atoms with Crippen LogP contribution in [-0.4, -0.2) is 15.2 Å². The van der Waals surface area contributed by atoms with Crippen LogP contribution < -0.4 is 5.73 Å². The van der Waals surface area contributed by atoms with Gasteiger partial charge in [0.1, 0.15) is 0 Å². The van der Waals surface area contributed by atoms with Gasteiger partial charge in [0.2, 0.25) is 5.13 Å². The zero-order valence-electron chi connectivity index (χ0n) is 8.93. The highest BCUT2D eigenvalue weighted by molar-refractivity contribution is 7.23. The zero-order valence-corrected chi connectivity index (χ0v) is 10.6. The van der Waals surface area contributed by atoms with Crippen molar-refractivity contribution in [1.29, 1.82) is 0 Å². The molecule has 1 aliphatic carbocycles. The van der Waals surface area contributed by atoms with Gasteiger partial charge in [0.25, 0.3) is 0 Å². The largest absolute Gasteiger partial charge is 0.374 e. The second-order valence-electron chi connectivity index (χ2n) is 3.90. The maximum atomic E-state index is 5.63. The minimum atomic E-state index is 0.531. The summed E-state index contributed by atoms with van der Waals surface area (Å²) in [7, 11) is 0. The first-order chi connectivity index (χ1) is 7.78. The van der Waals surface area contributed by atoms with E-state index >= 15 is 0 Å². The van der Waals surface area contributed by atoms with Crippen molar-refractivity contribution in [2.45, 2.75) is 32.1 Å². The molecule has 0 aliphatic heterocycles. The molecule has 0 saturated heterocycles. The number of aryl methyl sites for hydroxylation is 1. The number of nitrogens with zero attached hydrogens (tertiary/aromatic N) is 3. The molecule has 0 bridgehead atoms. The summed E-state index contributed by atoms with van der Waals surface area (Å²) >= 11 is 3.19. The molecule has 84 valence electrons. The molecule has 0 atom stereocenters. The Morgan fingerprint density at radius 1 is 1.31 bits per heavy atom. The van der Waals surface area contributed by atoms with E-state index in [9.17, 15) is 0 Å². The highest BCUT2D eigenvalue weighted by atomic mass is 32.1. The summed E-state index contributed by atoms with van der Waals surface area (Å²) in [6.07, 6.45) is 3.50. The van der Waals surface area contributed by atoms with Crippen LogP contribution in [0.5, 0.6) is 0 Å². The molecule has 0 unspecified atom stereocenters. The fraction of sp³-hybridized carbons (Fsp3) is 0.500. The van der Waals surface area contributed by atoms with E-state index in [4.69, 9.17) is 10.7 Å². The van der Waals surface area contributed by atoms with Gasteiger partial charge in [-0.3, -0.25) is 0 Å². The van der Waals surface area contributed by atoms with Crippen molar-refractivity contribution >= 4 is 27.8 Å². The third-order valence-electron chi connectivity index (χ3n) is 2.60. The Labute approximate surface area is 102 Å². The third-order valence-corrected chi connectivity index (χ3v) is 4.72. The fourth-order valence-electron chi connectivity index (χ4n) is 1.64. The van der Waals surface area contributed by atoms with Crippen LogP contribution in [0, 0.1) is 0 Å². The van der Waals surface area contributed by atoms with Crippen molar-refractivity contribution in [2.75, 3.05) is 5.73 Å². The van der Waals surface area contributed by atoms with Crippen molar-refractivity contribution in [3.8, 4) is 9.88 Å². The Kier molecular flexibility index (Phi) is 2.40. The molecule has 2 N–H and O–H groups in total. The lowest BCUT2D eigenvalue weighted by molar-refractivity contribution is 0.993. The van der Waals surface area contributed by atoms with Crippen molar-refractivity contribution in [3.63, 3.8) is 0 Å². The Balaban J connectivity index is 2.07. The number of thiazole rings is 1. The molecule has 16 heavy (non-hydrogen) atoms. The summed E-state index contributed by atoms with van der Waals surface area (Å²) < 4.78 is 0. The van der Waals surface area contributed by atoms with Gasteiger partial charge >= 0.3 is 0 Å². The molecule has 1 aliphatic rings. The molecule has 0 aromatic carbocycles. The van der Waals surface area contributed by atoms with Crippen LogP contribution in [0.2, 0.25) is 0 Å². The van der Waals surface area contributed by atoms with Crippen LogP contribution in [-0.2, 0) is 6.42 Å². The number of hydrogen-bond donors (Lipinski definition) is 1. The second-order valence-corrected chi connectivity index (χ2v) is 5.99. The number of aromatic nitrogens is 3. The van der Waals surface area contributed by atoms with Crippen LogP contribution in [0.25, 0.3) is 9.88 Å². The van der Waals surface area contributed by atoms with E-state index in [0.29, 0.717) is 11.0 Å². The summed E-state index contributed by atoms with van der Waals surface area (Å²) in [4.78, 5) is 5.88. The van der Waals surface area contributed by atoms with Gasteiger partial charge in [0.15, 0.2) is 5.01 Å². The van der Waals surface area contributed by atoms with Gasteiger partial charge in [-0.1, -0.05) is 18.3 Å². The van der Waals surface area contributed by atoms with E-state index in [1.807, 2.05) is 0 Å². The first-order valence-electron chi connectivity index (χ1n) is 5.37. The Morgan fingerprint density at radius 3 is 2.69 bits per heavy atom. The SMILES string of the molecule is CCc1nc(C2CC2)c(-c2nnc(N)s2)s1. The van der Waals surface area contributed by atoms with Gasteiger partial charge in [-0.05, 0) is 19.3 Å². The molecule has 1 saturated carbocycles. The van der Waals surface area contributed by atoms with Crippen LogP contribution >= 0.6 is 22.7 Å². The summed E-state index contributed by atoms with van der Waals surface area (Å²) in [6, 6.07) is 0. The predicted octanol–water partition coefficient (Wildman–Crippen LogP) is 2.68. The Bertz CT molecular complexity index is 513. The zero-order chi connectivity index (χ0) is 11.1. The average Bonchev–Trinajstić information content (AvgIpc) is 2.89. The molecule has 2 heterocycles.